The fourth-order valence-corrected chi connectivity index (χ4v) is 5.31. The molecule has 0 unspecified atom stereocenters. The second kappa shape index (κ2) is 11.2. The molecule has 2 aliphatic heterocycles. The molecular formula is C30H31FN8. The predicted octanol–water partition coefficient (Wildman–Crippen LogP) is 4.91. The number of nitrogens with one attached hydrogen (secondary N) is 3. The van der Waals surface area contributed by atoms with E-state index in [1.807, 2.05) is 41.4 Å². The molecule has 0 spiro atoms. The number of likely N-dealkylation sites (tertiary alicyclic amines) is 1. The lowest BCUT2D eigenvalue weighted by atomic mass is 10.0. The van der Waals surface area contributed by atoms with Gasteiger partial charge in [0.15, 0.2) is 0 Å². The number of rotatable bonds is 6. The van der Waals surface area contributed by atoms with Crippen molar-refractivity contribution in [2.45, 2.75) is 18.9 Å². The normalized spacial score (nSPS) is 17.7. The van der Waals surface area contributed by atoms with Gasteiger partial charge in [0.1, 0.15) is 23.3 Å². The second-order valence-electron chi connectivity index (χ2n) is 9.85. The topological polar surface area (TPSA) is 96.8 Å². The first-order valence-electron chi connectivity index (χ1n) is 13.4. The summed E-state index contributed by atoms with van der Waals surface area (Å²) in [6.07, 6.45) is 9.03. The average Bonchev–Trinajstić information content (AvgIpc) is 3.67. The molecule has 6 rings (SSSR count). The number of hydrogen-bond acceptors (Lipinski definition) is 6. The van der Waals surface area contributed by atoms with E-state index < -0.39 is 0 Å². The average molecular weight is 523 g/mol. The van der Waals surface area contributed by atoms with Crippen molar-refractivity contribution in [1.29, 1.82) is 5.41 Å². The first-order chi connectivity index (χ1) is 19.1. The van der Waals surface area contributed by atoms with Crippen molar-refractivity contribution in [3.63, 3.8) is 0 Å². The summed E-state index contributed by atoms with van der Waals surface area (Å²) in [5.41, 5.74) is 4.40. The van der Waals surface area contributed by atoms with Crippen LogP contribution in [-0.2, 0) is 0 Å². The summed E-state index contributed by atoms with van der Waals surface area (Å²) in [6.45, 7) is 4.57. The molecule has 8 nitrogen and oxygen atoms in total. The third-order valence-electron chi connectivity index (χ3n) is 7.30. The van der Waals surface area contributed by atoms with Crippen molar-refractivity contribution in [3.05, 3.63) is 90.3 Å². The minimum atomic E-state index is -0.244. The number of aromatic nitrogens is 4. The van der Waals surface area contributed by atoms with Crippen LogP contribution in [0.1, 0.15) is 30.3 Å². The minimum Gasteiger partial charge on any atom is -0.354 e. The first kappa shape index (κ1) is 24.9. The molecule has 198 valence electrons. The largest absolute Gasteiger partial charge is 0.354 e. The van der Waals surface area contributed by atoms with E-state index in [4.69, 9.17) is 10.4 Å². The third-order valence-corrected chi connectivity index (χ3v) is 7.30. The van der Waals surface area contributed by atoms with Crippen LogP contribution in [0, 0.1) is 11.2 Å². The van der Waals surface area contributed by atoms with Gasteiger partial charge in [-0.1, -0.05) is 18.2 Å². The Hall–Kier alpha value is -4.37. The Morgan fingerprint density at radius 1 is 1.00 bits per heavy atom. The summed E-state index contributed by atoms with van der Waals surface area (Å²) < 4.78 is 13.8. The van der Waals surface area contributed by atoms with Gasteiger partial charge in [-0.15, -0.1) is 0 Å². The highest BCUT2D eigenvalue weighted by Gasteiger charge is 2.27. The summed E-state index contributed by atoms with van der Waals surface area (Å²) >= 11 is 0. The number of aromatic amines is 1. The van der Waals surface area contributed by atoms with Crippen molar-refractivity contribution in [3.8, 4) is 22.6 Å². The van der Waals surface area contributed by atoms with Gasteiger partial charge in [-0.25, -0.2) is 19.3 Å². The van der Waals surface area contributed by atoms with Crippen LogP contribution in [0.5, 0.6) is 0 Å². The van der Waals surface area contributed by atoms with Crippen LogP contribution in [0.2, 0.25) is 0 Å². The van der Waals surface area contributed by atoms with E-state index in [-0.39, 0.29) is 11.9 Å². The Balaban J connectivity index is 1.16. The molecule has 0 aliphatic carbocycles. The number of H-pyrrole nitrogens is 1. The monoisotopic (exact) mass is 522 g/mol. The lowest BCUT2D eigenvalue weighted by Crippen LogP contribution is -2.43. The maximum absolute atomic E-state index is 13.8. The SMILES string of the molecule is N=C(/C=C\c1ncc(-c2cccc(-c3ccnc(N4CCNCC4)c3)n2)[nH]1)N1CCC[C@@H]1c1cccc(F)c1. The highest BCUT2D eigenvalue weighted by atomic mass is 19.1. The Morgan fingerprint density at radius 3 is 2.72 bits per heavy atom. The number of imidazole rings is 1. The van der Waals surface area contributed by atoms with Crippen LogP contribution in [0.4, 0.5) is 10.2 Å². The van der Waals surface area contributed by atoms with Crippen LogP contribution in [0.15, 0.2) is 73.1 Å². The molecule has 2 aliphatic rings. The molecule has 1 aromatic carbocycles. The molecule has 39 heavy (non-hydrogen) atoms. The van der Waals surface area contributed by atoms with Crippen LogP contribution in [0.25, 0.3) is 28.7 Å². The van der Waals surface area contributed by atoms with E-state index in [2.05, 4.69) is 31.2 Å². The molecule has 0 radical (unpaired) electrons. The smallest absolute Gasteiger partial charge is 0.130 e. The highest BCUT2D eigenvalue weighted by molar-refractivity contribution is 5.94. The number of piperazine rings is 1. The van der Waals surface area contributed by atoms with E-state index in [9.17, 15) is 4.39 Å². The molecule has 0 bridgehead atoms. The Morgan fingerprint density at radius 2 is 1.85 bits per heavy atom. The van der Waals surface area contributed by atoms with E-state index in [0.29, 0.717) is 11.7 Å². The van der Waals surface area contributed by atoms with E-state index >= 15 is 0 Å². The van der Waals surface area contributed by atoms with Crippen LogP contribution < -0.4 is 10.2 Å². The van der Waals surface area contributed by atoms with Crippen molar-refractivity contribution >= 4 is 17.7 Å². The lowest BCUT2D eigenvalue weighted by molar-refractivity contribution is 0.399. The van der Waals surface area contributed by atoms with Gasteiger partial charge in [-0.2, -0.15) is 0 Å². The molecule has 5 heterocycles. The van der Waals surface area contributed by atoms with Crippen LogP contribution >= 0.6 is 0 Å². The zero-order chi connectivity index (χ0) is 26.6. The molecule has 1 atom stereocenters. The maximum Gasteiger partial charge on any atom is 0.130 e. The molecular weight excluding hydrogens is 491 g/mol. The standard InChI is InChI=1S/C30H31FN8/c31-23-5-1-4-22(18-23)27-8-3-15-39(27)28(32)9-10-29-35-20-26(37-29)25-7-2-6-24(36-25)21-11-12-34-30(19-21)38-16-13-33-14-17-38/h1-2,4-7,9-12,18-20,27,32-33H,3,8,13-17H2,(H,35,37)/b10-9-,32-28?/t27-/m1/s1. The zero-order valence-electron chi connectivity index (χ0n) is 21.6. The van der Waals surface area contributed by atoms with E-state index in [0.717, 1.165) is 79.6 Å². The molecule has 3 N–H and O–H groups in total. The van der Waals surface area contributed by atoms with Gasteiger partial charge in [0.25, 0.3) is 0 Å². The number of nitrogens with zero attached hydrogens (tertiary/aromatic N) is 5. The van der Waals surface area contributed by atoms with Crippen molar-refractivity contribution in [2.24, 2.45) is 0 Å². The predicted molar refractivity (Wildman–Crippen MR) is 152 cm³/mol. The zero-order valence-corrected chi connectivity index (χ0v) is 21.6. The van der Waals surface area contributed by atoms with Gasteiger partial charge in [0.05, 0.1) is 29.3 Å². The Bertz CT molecular complexity index is 1490. The first-order valence-corrected chi connectivity index (χ1v) is 13.4. The lowest BCUT2D eigenvalue weighted by Gasteiger charge is -2.28. The van der Waals surface area contributed by atoms with Gasteiger partial charge >= 0.3 is 0 Å². The number of anilines is 1. The van der Waals surface area contributed by atoms with Crippen molar-refractivity contribution < 1.29 is 4.39 Å². The summed E-state index contributed by atoms with van der Waals surface area (Å²) in [5.74, 6) is 1.76. The fourth-order valence-electron chi connectivity index (χ4n) is 5.31. The molecule has 2 fully saturated rings. The molecule has 9 heteroatoms. The van der Waals surface area contributed by atoms with Gasteiger partial charge in [0.2, 0.25) is 0 Å². The van der Waals surface area contributed by atoms with Crippen molar-refractivity contribution in [2.75, 3.05) is 37.6 Å². The number of benzene rings is 1. The quantitative estimate of drug-likeness (QED) is 0.246. The second-order valence-corrected chi connectivity index (χ2v) is 9.85. The molecule has 0 amide bonds. The van der Waals surface area contributed by atoms with Gasteiger partial charge < -0.3 is 20.1 Å². The number of hydrogen-bond donors (Lipinski definition) is 3. The molecule has 4 aromatic rings. The summed E-state index contributed by atoms with van der Waals surface area (Å²) in [5, 5.41) is 12.0. The van der Waals surface area contributed by atoms with Gasteiger partial charge in [-0.3, -0.25) is 5.41 Å². The summed E-state index contributed by atoms with van der Waals surface area (Å²) in [4.78, 5) is 21.6. The van der Waals surface area contributed by atoms with Crippen molar-refractivity contribution in [1.82, 2.24) is 30.2 Å². The number of amidine groups is 1. The molecule has 0 saturated carbocycles. The van der Waals surface area contributed by atoms with Gasteiger partial charge in [-0.05, 0) is 67.0 Å². The van der Waals surface area contributed by atoms with Gasteiger partial charge in [0, 0.05) is 44.5 Å². The van der Waals surface area contributed by atoms with E-state index in [1.165, 1.54) is 6.07 Å². The van der Waals surface area contributed by atoms with Crippen LogP contribution in [-0.4, -0.2) is 63.4 Å². The Labute approximate surface area is 227 Å². The maximum atomic E-state index is 13.8. The summed E-state index contributed by atoms with van der Waals surface area (Å²) in [7, 11) is 0. The Kier molecular flexibility index (Phi) is 7.14. The third kappa shape index (κ3) is 5.58. The fraction of sp³-hybridized carbons (Fsp3) is 0.267. The van der Waals surface area contributed by atoms with Crippen LogP contribution in [0.3, 0.4) is 0 Å². The molecule has 3 aromatic heterocycles. The summed E-state index contributed by atoms with van der Waals surface area (Å²) in [6, 6.07) is 16.7. The highest BCUT2D eigenvalue weighted by Crippen LogP contribution is 2.32. The number of pyridine rings is 2. The minimum absolute atomic E-state index is 0.0113. The molecule has 2 saturated heterocycles. The van der Waals surface area contributed by atoms with E-state index in [1.54, 1.807) is 30.5 Å². The number of halogens is 1.